The maximum Gasteiger partial charge on any atom is 0.169 e. The second-order valence-corrected chi connectivity index (χ2v) is 10.2. The Hall–Kier alpha value is -2.66. The van der Waals surface area contributed by atoms with E-state index in [-0.39, 0.29) is 11.5 Å². The van der Waals surface area contributed by atoms with E-state index in [1.54, 1.807) is 7.11 Å². The van der Waals surface area contributed by atoms with E-state index >= 15 is 0 Å². The van der Waals surface area contributed by atoms with Gasteiger partial charge in [0.1, 0.15) is 20.2 Å². The van der Waals surface area contributed by atoms with Crippen molar-refractivity contribution in [2.75, 3.05) is 20.2 Å². The van der Waals surface area contributed by atoms with Crippen molar-refractivity contribution in [2.24, 2.45) is 5.92 Å². The molecule has 33 heavy (non-hydrogen) atoms. The van der Waals surface area contributed by atoms with E-state index in [0.29, 0.717) is 12.6 Å². The van der Waals surface area contributed by atoms with E-state index in [1.807, 2.05) is 24.3 Å². The molecule has 3 aliphatic carbocycles. The predicted molar refractivity (Wildman–Crippen MR) is 128 cm³/mol. The highest BCUT2D eigenvalue weighted by molar-refractivity contribution is 6.34. The number of likely N-dealkylation sites (tertiary alicyclic amines) is 1. The first-order chi connectivity index (χ1) is 16.2. The maximum absolute atomic E-state index is 6.75. The Labute approximate surface area is 196 Å². The van der Waals surface area contributed by atoms with E-state index in [2.05, 4.69) is 29.2 Å². The average molecular weight is 437 g/mol. The van der Waals surface area contributed by atoms with Gasteiger partial charge in [-0.2, -0.15) is 0 Å². The van der Waals surface area contributed by atoms with Gasteiger partial charge in [-0.3, -0.25) is 4.90 Å². The number of hydrogen-bond donors (Lipinski definition) is 0. The second kappa shape index (κ2) is 7.17. The van der Waals surface area contributed by atoms with Crippen molar-refractivity contribution in [3.63, 3.8) is 0 Å². The van der Waals surface area contributed by atoms with E-state index in [9.17, 15) is 0 Å². The third kappa shape index (κ3) is 2.81. The number of allylic oxidation sites excluding steroid dienone is 2. The first-order valence-corrected chi connectivity index (χ1v) is 12.2. The minimum Gasteiger partial charge on any atom is -0.497 e. The lowest BCUT2D eigenvalue weighted by Crippen LogP contribution is -2.60. The molecule has 1 unspecified atom stereocenters. The summed E-state index contributed by atoms with van der Waals surface area (Å²) in [6.07, 6.45) is 9.00. The topological polar surface area (TPSA) is 30.9 Å². The number of methoxy groups -OCH3 is 1. The summed E-state index contributed by atoms with van der Waals surface area (Å²) in [5.41, 5.74) is 5.73. The number of rotatable bonds is 6. The minimum atomic E-state index is -0.200. The summed E-state index contributed by atoms with van der Waals surface area (Å²) < 4.78 is 18.9. The fourth-order valence-electron chi connectivity index (χ4n) is 6.64. The highest BCUT2D eigenvalue weighted by atomic mass is 16.6. The van der Waals surface area contributed by atoms with E-state index in [0.717, 1.165) is 53.6 Å². The summed E-state index contributed by atoms with van der Waals surface area (Å²) in [6, 6.07) is 12.6. The second-order valence-electron chi connectivity index (χ2n) is 10.2. The van der Waals surface area contributed by atoms with Crippen LogP contribution in [-0.2, 0) is 23.2 Å². The molecule has 1 saturated carbocycles. The number of nitrogens with zero attached hydrogens (tertiary/aromatic N) is 1. The van der Waals surface area contributed by atoms with Crippen LogP contribution in [0.1, 0.15) is 36.0 Å². The summed E-state index contributed by atoms with van der Waals surface area (Å²) >= 11 is 0. The molecular weight excluding hydrogens is 409 g/mol. The van der Waals surface area contributed by atoms with Crippen molar-refractivity contribution in [2.45, 2.75) is 49.9 Å². The van der Waals surface area contributed by atoms with Crippen LogP contribution in [0.15, 0.2) is 59.9 Å². The Bertz CT molecular complexity index is 1190. The predicted octanol–water partition coefficient (Wildman–Crippen LogP) is 3.57. The number of benzene rings is 2. The molecule has 5 aliphatic rings. The van der Waals surface area contributed by atoms with Crippen molar-refractivity contribution in [3.8, 4) is 11.5 Å². The van der Waals surface area contributed by atoms with Crippen molar-refractivity contribution in [1.29, 1.82) is 0 Å². The standard InChI is InChI=1S/C28H28BNO3/c1-31-23-10-9-20-22-13-19-21(29)14-24(32-16-18-5-3-2-4-6-18)26-25(19)28(20,27(23)33-26)11-12-30(22)15-17-7-8-17/h2-6,9-10,14,17,22,27H,7-8,11-13,15-16H2,1H3/t22?,27-,28-/m1/s1. The van der Waals surface area contributed by atoms with Gasteiger partial charge in [0.15, 0.2) is 17.6 Å². The molecular formula is C28H28BNO3. The van der Waals surface area contributed by atoms with E-state index in [1.165, 1.54) is 36.1 Å². The summed E-state index contributed by atoms with van der Waals surface area (Å²) in [4.78, 5) is 2.71. The van der Waals surface area contributed by atoms with Crippen LogP contribution in [0.3, 0.4) is 0 Å². The van der Waals surface area contributed by atoms with Gasteiger partial charge in [0, 0.05) is 24.7 Å². The van der Waals surface area contributed by atoms with Gasteiger partial charge in [-0.25, -0.2) is 0 Å². The monoisotopic (exact) mass is 437 g/mol. The Balaban J connectivity index is 1.35. The Morgan fingerprint density at radius 2 is 2.03 bits per heavy atom. The first kappa shape index (κ1) is 19.8. The molecule has 0 amide bonds. The smallest absolute Gasteiger partial charge is 0.169 e. The molecule has 2 aliphatic heterocycles. The van der Waals surface area contributed by atoms with Gasteiger partial charge in [0.2, 0.25) is 0 Å². The Morgan fingerprint density at radius 1 is 1.18 bits per heavy atom. The van der Waals surface area contributed by atoms with Crippen molar-refractivity contribution in [3.05, 3.63) is 76.6 Å². The van der Waals surface area contributed by atoms with Crippen LogP contribution in [0, 0.1) is 5.92 Å². The SMILES string of the molecule is [B]c1cc(OCc2ccccc2)c2c3c1CC1C4=CC=C(OC)[C@@H](O2)[C@]43CCN1CC1CC1. The van der Waals surface area contributed by atoms with Crippen LogP contribution >= 0.6 is 0 Å². The Kier molecular flexibility index (Phi) is 4.30. The van der Waals surface area contributed by atoms with Gasteiger partial charge >= 0.3 is 0 Å². The van der Waals surface area contributed by atoms with Gasteiger partial charge in [-0.15, -0.1) is 0 Å². The molecule has 5 heteroatoms. The molecule has 0 aromatic heterocycles. The van der Waals surface area contributed by atoms with Crippen LogP contribution in [0.25, 0.3) is 0 Å². The quantitative estimate of drug-likeness (QED) is 0.647. The molecule has 2 aromatic rings. The molecule has 3 atom stereocenters. The summed E-state index contributed by atoms with van der Waals surface area (Å²) in [5.74, 6) is 3.37. The van der Waals surface area contributed by atoms with Crippen LogP contribution in [0.4, 0.5) is 0 Å². The fraction of sp³-hybridized carbons (Fsp3) is 0.429. The third-order valence-corrected chi connectivity index (χ3v) is 8.37. The number of hydrogen-bond acceptors (Lipinski definition) is 4. The number of piperidine rings is 1. The molecule has 2 radical (unpaired) electrons. The highest BCUT2D eigenvalue weighted by Crippen LogP contribution is 2.62. The van der Waals surface area contributed by atoms with Gasteiger partial charge in [-0.05, 0) is 60.4 Å². The first-order valence-electron chi connectivity index (χ1n) is 12.2. The molecule has 2 aromatic carbocycles. The zero-order valence-electron chi connectivity index (χ0n) is 19.0. The zero-order chi connectivity index (χ0) is 22.2. The molecule has 166 valence electrons. The third-order valence-electron chi connectivity index (χ3n) is 8.37. The zero-order valence-corrected chi connectivity index (χ0v) is 19.0. The molecule has 2 bridgehead atoms. The van der Waals surface area contributed by atoms with Gasteiger partial charge in [0.05, 0.1) is 12.5 Å². The van der Waals surface area contributed by atoms with Crippen LogP contribution in [0.5, 0.6) is 11.5 Å². The van der Waals surface area contributed by atoms with Crippen LogP contribution in [-0.4, -0.2) is 45.1 Å². The minimum absolute atomic E-state index is 0.150. The molecule has 1 saturated heterocycles. The fourth-order valence-corrected chi connectivity index (χ4v) is 6.64. The van der Waals surface area contributed by atoms with E-state index in [4.69, 9.17) is 22.1 Å². The summed E-state index contributed by atoms with van der Waals surface area (Å²) in [7, 11) is 8.48. The van der Waals surface area contributed by atoms with Gasteiger partial charge in [-0.1, -0.05) is 41.9 Å². The van der Waals surface area contributed by atoms with Crippen molar-refractivity contribution >= 4 is 13.3 Å². The molecule has 2 heterocycles. The molecule has 7 rings (SSSR count). The van der Waals surface area contributed by atoms with Crippen molar-refractivity contribution in [1.82, 2.24) is 4.90 Å². The van der Waals surface area contributed by atoms with Gasteiger partial charge < -0.3 is 14.2 Å². The van der Waals surface area contributed by atoms with Crippen molar-refractivity contribution < 1.29 is 14.2 Å². The summed E-state index contributed by atoms with van der Waals surface area (Å²) in [5, 5.41) is 0. The molecule has 1 spiro atoms. The Morgan fingerprint density at radius 3 is 2.82 bits per heavy atom. The lowest BCUT2D eigenvalue weighted by atomic mass is 9.56. The largest absolute Gasteiger partial charge is 0.497 e. The molecule has 0 N–H and O–H groups in total. The molecule has 4 nitrogen and oxygen atoms in total. The van der Waals surface area contributed by atoms with Crippen LogP contribution < -0.4 is 14.9 Å². The lowest BCUT2D eigenvalue weighted by molar-refractivity contribution is 0.0623. The highest BCUT2D eigenvalue weighted by Gasteiger charge is 2.62. The maximum atomic E-state index is 6.75. The number of ether oxygens (including phenoxy) is 3. The normalized spacial score (nSPS) is 29.0. The lowest BCUT2D eigenvalue weighted by Gasteiger charge is -2.54. The average Bonchev–Trinajstić information content (AvgIpc) is 3.59. The van der Waals surface area contributed by atoms with Crippen LogP contribution in [0.2, 0.25) is 0 Å². The molecule has 2 fully saturated rings. The summed E-state index contributed by atoms with van der Waals surface area (Å²) in [6.45, 7) is 2.77. The van der Waals surface area contributed by atoms with Gasteiger partial charge in [0.25, 0.3) is 0 Å². The van der Waals surface area contributed by atoms with E-state index < -0.39 is 0 Å².